The number of hydrogen-bond acceptors (Lipinski definition) is 4. The summed E-state index contributed by atoms with van der Waals surface area (Å²) < 4.78 is 13.6. The molecule has 1 saturated carbocycles. The SMILES string of the molecule is O=C(NC1CCCCC1)c1cc(NCCc2ccccc2F)ncn1. The van der Waals surface area contributed by atoms with E-state index >= 15 is 0 Å². The molecule has 2 N–H and O–H groups in total. The molecule has 6 heteroatoms. The first-order valence-corrected chi connectivity index (χ1v) is 8.82. The van der Waals surface area contributed by atoms with Crippen LogP contribution in [0.5, 0.6) is 0 Å². The molecule has 0 bridgehead atoms. The molecule has 1 aliphatic rings. The van der Waals surface area contributed by atoms with Crippen LogP contribution in [0.4, 0.5) is 10.2 Å². The highest BCUT2D eigenvalue weighted by Crippen LogP contribution is 2.18. The van der Waals surface area contributed by atoms with Crippen molar-refractivity contribution in [3.8, 4) is 0 Å². The van der Waals surface area contributed by atoms with Crippen molar-refractivity contribution in [2.45, 2.75) is 44.6 Å². The van der Waals surface area contributed by atoms with E-state index in [2.05, 4.69) is 20.6 Å². The molecule has 1 aromatic carbocycles. The molecule has 0 spiro atoms. The Bertz CT molecular complexity index is 716. The zero-order chi connectivity index (χ0) is 17.5. The summed E-state index contributed by atoms with van der Waals surface area (Å²) in [5.41, 5.74) is 1.01. The van der Waals surface area contributed by atoms with Crippen molar-refractivity contribution >= 4 is 11.7 Å². The van der Waals surface area contributed by atoms with Gasteiger partial charge in [-0.3, -0.25) is 4.79 Å². The number of carbonyl (C=O) groups is 1. The van der Waals surface area contributed by atoms with E-state index in [-0.39, 0.29) is 17.8 Å². The molecule has 2 aromatic rings. The molecule has 1 fully saturated rings. The lowest BCUT2D eigenvalue weighted by molar-refractivity contribution is 0.0922. The quantitative estimate of drug-likeness (QED) is 0.845. The summed E-state index contributed by atoms with van der Waals surface area (Å²) in [4.78, 5) is 20.5. The Kier molecular flexibility index (Phi) is 5.93. The molecule has 5 nitrogen and oxygen atoms in total. The summed E-state index contributed by atoms with van der Waals surface area (Å²) in [7, 11) is 0. The Morgan fingerprint density at radius 2 is 1.96 bits per heavy atom. The summed E-state index contributed by atoms with van der Waals surface area (Å²) in [6.45, 7) is 0.529. The van der Waals surface area contributed by atoms with Gasteiger partial charge in [-0.05, 0) is 30.9 Å². The van der Waals surface area contributed by atoms with Crippen LogP contribution in [0.25, 0.3) is 0 Å². The van der Waals surface area contributed by atoms with E-state index in [9.17, 15) is 9.18 Å². The molecule has 0 atom stereocenters. The van der Waals surface area contributed by atoms with Crippen molar-refractivity contribution in [2.24, 2.45) is 0 Å². The average molecular weight is 342 g/mol. The van der Waals surface area contributed by atoms with E-state index in [4.69, 9.17) is 0 Å². The van der Waals surface area contributed by atoms with Gasteiger partial charge in [0.15, 0.2) is 0 Å². The second kappa shape index (κ2) is 8.55. The van der Waals surface area contributed by atoms with E-state index in [1.807, 2.05) is 6.07 Å². The van der Waals surface area contributed by atoms with E-state index < -0.39 is 0 Å². The number of nitrogens with zero attached hydrogens (tertiary/aromatic N) is 2. The lowest BCUT2D eigenvalue weighted by Gasteiger charge is -2.22. The molecular weight excluding hydrogens is 319 g/mol. The Labute approximate surface area is 147 Å². The van der Waals surface area contributed by atoms with E-state index in [0.29, 0.717) is 30.0 Å². The van der Waals surface area contributed by atoms with Crippen LogP contribution in [0.15, 0.2) is 36.7 Å². The fraction of sp³-hybridized carbons (Fsp3) is 0.421. The van der Waals surface area contributed by atoms with E-state index in [1.54, 1.807) is 18.2 Å². The number of rotatable bonds is 6. The van der Waals surface area contributed by atoms with Gasteiger partial charge in [-0.2, -0.15) is 0 Å². The summed E-state index contributed by atoms with van der Waals surface area (Å²) in [5, 5.41) is 6.17. The van der Waals surface area contributed by atoms with Gasteiger partial charge in [0, 0.05) is 18.7 Å². The number of hydrogen-bond donors (Lipinski definition) is 2. The Morgan fingerprint density at radius 3 is 2.76 bits per heavy atom. The number of nitrogens with one attached hydrogen (secondary N) is 2. The molecule has 1 aliphatic carbocycles. The highest BCUT2D eigenvalue weighted by molar-refractivity contribution is 5.93. The standard InChI is InChI=1S/C19H23FN4O/c20-16-9-5-4-6-14(16)10-11-21-18-12-17(22-13-23-18)19(25)24-15-7-2-1-3-8-15/h4-6,9,12-13,15H,1-3,7-8,10-11H2,(H,24,25)(H,21,22,23). The molecule has 0 aliphatic heterocycles. The molecule has 132 valence electrons. The van der Waals surface area contributed by atoms with Crippen molar-refractivity contribution in [1.82, 2.24) is 15.3 Å². The summed E-state index contributed by atoms with van der Waals surface area (Å²) in [6.07, 6.45) is 7.56. The predicted octanol–water partition coefficient (Wildman–Crippen LogP) is 3.33. The molecule has 0 unspecified atom stereocenters. The molecule has 3 rings (SSSR count). The van der Waals surface area contributed by atoms with Crippen LogP contribution in [0.3, 0.4) is 0 Å². The lowest BCUT2D eigenvalue weighted by atomic mass is 9.95. The zero-order valence-electron chi connectivity index (χ0n) is 14.2. The third-order valence-corrected chi connectivity index (χ3v) is 4.50. The van der Waals surface area contributed by atoms with Crippen molar-refractivity contribution < 1.29 is 9.18 Å². The van der Waals surface area contributed by atoms with Gasteiger partial charge in [0.05, 0.1) is 0 Å². The molecule has 25 heavy (non-hydrogen) atoms. The van der Waals surface area contributed by atoms with Crippen LogP contribution in [0, 0.1) is 5.82 Å². The Balaban J connectivity index is 1.53. The molecular formula is C19H23FN4O. The second-order valence-electron chi connectivity index (χ2n) is 6.37. The van der Waals surface area contributed by atoms with Crippen LogP contribution in [0.1, 0.15) is 48.2 Å². The van der Waals surface area contributed by atoms with Gasteiger partial charge >= 0.3 is 0 Å². The lowest BCUT2D eigenvalue weighted by Crippen LogP contribution is -2.36. The van der Waals surface area contributed by atoms with Crippen LogP contribution >= 0.6 is 0 Å². The smallest absolute Gasteiger partial charge is 0.270 e. The number of anilines is 1. The van der Waals surface area contributed by atoms with E-state index in [1.165, 1.54) is 18.8 Å². The van der Waals surface area contributed by atoms with Crippen LogP contribution in [0.2, 0.25) is 0 Å². The van der Waals surface area contributed by atoms with Gasteiger partial charge in [-0.25, -0.2) is 14.4 Å². The van der Waals surface area contributed by atoms with Crippen LogP contribution in [-0.2, 0) is 6.42 Å². The molecule has 1 amide bonds. The maximum absolute atomic E-state index is 13.6. The number of aromatic nitrogens is 2. The van der Waals surface area contributed by atoms with Gasteiger partial charge in [-0.15, -0.1) is 0 Å². The minimum Gasteiger partial charge on any atom is -0.370 e. The monoisotopic (exact) mass is 342 g/mol. The molecule has 0 radical (unpaired) electrons. The number of benzene rings is 1. The van der Waals surface area contributed by atoms with E-state index in [0.717, 1.165) is 25.7 Å². The van der Waals surface area contributed by atoms with Gasteiger partial charge in [0.1, 0.15) is 23.7 Å². The van der Waals surface area contributed by atoms with Gasteiger partial charge in [0.25, 0.3) is 5.91 Å². The zero-order valence-corrected chi connectivity index (χ0v) is 14.2. The maximum Gasteiger partial charge on any atom is 0.270 e. The van der Waals surface area contributed by atoms with Crippen LogP contribution in [-0.4, -0.2) is 28.5 Å². The number of halogens is 1. The predicted molar refractivity (Wildman–Crippen MR) is 95.0 cm³/mol. The summed E-state index contributed by atoms with van der Waals surface area (Å²) in [5.74, 6) is 0.200. The molecule has 1 heterocycles. The Hall–Kier alpha value is -2.50. The van der Waals surface area contributed by atoms with Gasteiger partial charge in [-0.1, -0.05) is 37.5 Å². The minimum atomic E-state index is -0.209. The molecule has 1 aromatic heterocycles. The van der Waals surface area contributed by atoms with Crippen molar-refractivity contribution in [3.05, 3.63) is 53.7 Å². The normalized spacial score (nSPS) is 14.9. The van der Waals surface area contributed by atoms with Crippen LogP contribution < -0.4 is 10.6 Å². The second-order valence-corrected chi connectivity index (χ2v) is 6.37. The van der Waals surface area contributed by atoms with Crippen molar-refractivity contribution in [2.75, 3.05) is 11.9 Å². The van der Waals surface area contributed by atoms with Crippen molar-refractivity contribution in [3.63, 3.8) is 0 Å². The van der Waals surface area contributed by atoms with Gasteiger partial charge in [0.2, 0.25) is 0 Å². The third kappa shape index (κ3) is 4.98. The summed E-state index contributed by atoms with van der Waals surface area (Å²) >= 11 is 0. The van der Waals surface area contributed by atoms with Gasteiger partial charge < -0.3 is 10.6 Å². The fourth-order valence-electron chi connectivity index (χ4n) is 3.11. The first-order chi connectivity index (χ1) is 12.2. The summed E-state index contributed by atoms with van der Waals surface area (Å²) in [6, 6.07) is 8.59. The number of carbonyl (C=O) groups excluding carboxylic acids is 1. The Morgan fingerprint density at radius 1 is 1.16 bits per heavy atom. The third-order valence-electron chi connectivity index (χ3n) is 4.50. The average Bonchev–Trinajstić information content (AvgIpc) is 2.64. The largest absolute Gasteiger partial charge is 0.370 e. The topological polar surface area (TPSA) is 66.9 Å². The molecule has 0 saturated heterocycles. The number of amides is 1. The maximum atomic E-state index is 13.6. The highest BCUT2D eigenvalue weighted by atomic mass is 19.1. The minimum absolute atomic E-state index is 0.161. The first-order valence-electron chi connectivity index (χ1n) is 8.82. The highest BCUT2D eigenvalue weighted by Gasteiger charge is 2.17. The first kappa shape index (κ1) is 17.3. The fourth-order valence-corrected chi connectivity index (χ4v) is 3.11. The van der Waals surface area contributed by atoms with Crippen molar-refractivity contribution in [1.29, 1.82) is 0 Å².